The van der Waals surface area contributed by atoms with Crippen LogP contribution >= 0.6 is 0 Å². The Morgan fingerprint density at radius 3 is 2.89 bits per heavy atom. The van der Waals surface area contributed by atoms with E-state index in [1.807, 2.05) is 12.1 Å². The molecule has 0 fully saturated rings. The molecule has 4 nitrogen and oxygen atoms in total. The topological polar surface area (TPSA) is 62.8 Å². The van der Waals surface area contributed by atoms with Crippen molar-refractivity contribution in [3.05, 3.63) is 48.8 Å². The maximum absolute atomic E-state index is 11.8. The first-order valence-electron chi connectivity index (χ1n) is 5.70. The van der Waals surface area contributed by atoms with Crippen molar-refractivity contribution >= 4 is 20.9 Å². The Kier molecular flexibility index (Phi) is 2.64. The van der Waals surface area contributed by atoms with Crippen LogP contribution in [0.15, 0.2) is 47.6 Å². The fourth-order valence-corrected chi connectivity index (χ4v) is 2.98. The van der Waals surface area contributed by atoms with Crippen molar-refractivity contribution in [1.82, 2.24) is 9.97 Å². The van der Waals surface area contributed by atoms with Gasteiger partial charge in [0, 0.05) is 35.2 Å². The van der Waals surface area contributed by atoms with E-state index < -0.39 is 9.84 Å². The van der Waals surface area contributed by atoms with Crippen molar-refractivity contribution in [3.63, 3.8) is 0 Å². The van der Waals surface area contributed by atoms with Crippen molar-refractivity contribution in [2.24, 2.45) is 0 Å². The summed E-state index contributed by atoms with van der Waals surface area (Å²) in [4.78, 5) is 7.53. The summed E-state index contributed by atoms with van der Waals surface area (Å²) < 4.78 is 23.7. The first-order chi connectivity index (χ1) is 9.07. The SMILES string of the molecule is CS(=O)(=O)c1c[c]ccc1-c1c[nH]c2ncccc12. The molecule has 1 radical (unpaired) electrons. The molecule has 0 unspecified atom stereocenters. The molecule has 2 aromatic heterocycles. The Balaban J connectivity index is 2.34. The molecule has 19 heavy (non-hydrogen) atoms. The van der Waals surface area contributed by atoms with Gasteiger partial charge in [0.2, 0.25) is 0 Å². The number of hydrogen-bond acceptors (Lipinski definition) is 3. The van der Waals surface area contributed by atoms with Crippen LogP contribution < -0.4 is 0 Å². The van der Waals surface area contributed by atoms with Gasteiger partial charge in [-0.25, -0.2) is 13.4 Å². The van der Waals surface area contributed by atoms with E-state index in [1.165, 1.54) is 12.3 Å². The summed E-state index contributed by atoms with van der Waals surface area (Å²) in [6, 6.07) is 11.5. The second-order valence-electron chi connectivity index (χ2n) is 4.30. The number of hydrogen-bond donors (Lipinski definition) is 1. The maximum atomic E-state index is 11.8. The zero-order valence-electron chi connectivity index (χ0n) is 10.2. The van der Waals surface area contributed by atoms with Crippen molar-refractivity contribution in [2.45, 2.75) is 4.90 Å². The molecule has 0 amide bonds. The molecular weight excluding hydrogens is 260 g/mol. The molecule has 0 spiro atoms. The van der Waals surface area contributed by atoms with Crippen LogP contribution in [0.3, 0.4) is 0 Å². The molecule has 1 N–H and O–H groups in total. The van der Waals surface area contributed by atoms with E-state index in [4.69, 9.17) is 0 Å². The molecule has 0 aliphatic heterocycles. The normalized spacial score (nSPS) is 11.8. The van der Waals surface area contributed by atoms with E-state index in [0.29, 0.717) is 5.56 Å². The zero-order valence-corrected chi connectivity index (χ0v) is 11.0. The zero-order chi connectivity index (χ0) is 13.5. The summed E-state index contributed by atoms with van der Waals surface area (Å²) in [5.41, 5.74) is 2.24. The van der Waals surface area contributed by atoms with Crippen molar-refractivity contribution < 1.29 is 8.42 Å². The van der Waals surface area contributed by atoms with E-state index in [1.54, 1.807) is 24.5 Å². The summed E-state index contributed by atoms with van der Waals surface area (Å²) >= 11 is 0. The number of rotatable bonds is 2. The van der Waals surface area contributed by atoms with Crippen LogP contribution in [0.2, 0.25) is 0 Å². The van der Waals surface area contributed by atoms with Crippen LogP contribution in [0.4, 0.5) is 0 Å². The molecule has 5 heteroatoms. The minimum Gasteiger partial charge on any atom is -0.346 e. The molecule has 0 saturated heterocycles. The van der Waals surface area contributed by atoms with Gasteiger partial charge in [-0.2, -0.15) is 0 Å². The first kappa shape index (κ1) is 11.9. The molecule has 0 saturated carbocycles. The lowest BCUT2D eigenvalue weighted by molar-refractivity contribution is 0.602. The van der Waals surface area contributed by atoms with Gasteiger partial charge in [0.1, 0.15) is 5.65 Å². The van der Waals surface area contributed by atoms with Crippen molar-refractivity contribution in [2.75, 3.05) is 6.26 Å². The Bertz CT molecular complexity index is 851. The van der Waals surface area contributed by atoms with Crippen LogP contribution in [0.1, 0.15) is 0 Å². The second kappa shape index (κ2) is 4.20. The fraction of sp³-hybridized carbons (Fsp3) is 0.0714. The Labute approximate surface area is 111 Å². The minimum atomic E-state index is -3.29. The fourth-order valence-electron chi connectivity index (χ4n) is 2.12. The Morgan fingerprint density at radius 2 is 2.11 bits per heavy atom. The summed E-state index contributed by atoms with van der Waals surface area (Å²) in [6.07, 6.45) is 4.67. The number of H-pyrrole nitrogens is 1. The molecule has 95 valence electrons. The van der Waals surface area contributed by atoms with Gasteiger partial charge in [-0.15, -0.1) is 0 Å². The molecule has 0 aliphatic rings. The number of nitrogens with one attached hydrogen (secondary N) is 1. The summed E-state index contributed by atoms with van der Waals surface area (Å²) in [5.74, 6) is 0. The van der Waals surface area contributed by atoms with Crippen LogP contribution in [0.25, 0.3) is 22.2 Å². The highest BCUT2D eigenvalue weighted by Crippen LogP contribution is 2.32. The minimum absolute atomic E-state index is 0.278. The average molecular weight is 271 g/mol. The highest BCUT2D eigenvalue weighted by molar-refractivity contribution is 7.90. The Morgan fingerprint density at radius 1 is 1.26 bits per heavy atom. The summed E-state index contributed by atoms with van der Waals surface area (Å²) in [7, 11) is -3.29. The number of aromatic amines is 1. The summed E-state index contributed by atoms with van der Waals surface area (Å²) in [6.45, 7) is 0. The number of aromatic nitrogens is 2. The third kappa shape index (κ3) is 2.02. The van der Waals surface area contributed by atoms with Gasteiger partial charge in [0.25, 0.3) is 0 Å². The number of benzene rings is 1. The molecule has 3 rings (SSSR count). The lowest BCUT2D eigenvalue weighted by Gasteiger charge is -2.06. The van der Waals surface area contributed by atoms with Crippen molar-refractivity contribution in [3.8, 4) is 11.1 Å². The van der Waals surface area contributed by atoms with Crippen molar-refractivity contribution in [1.29, 1.82) is 0 Å². The quantitative estimate of drug-likeness (QED) is 0.778. The number of pyridine rings is 1. The third-order valence-electron chi connectivity index (χ3n) is 2.97. The predicted octanol–water partition coefficient (Wildman–Crippen LogP) is 2.43. The average Bonchev–Trinajstić information content (AvgIpc) is 2.81. The van der Waals surface area contributed by atoms with E-state index in [2.05, 4.69) is 16.0 Å². The summed E-state index contributed by atoms with van der Waals surface area (Å²) in [5, 5.41) is 0.901. The standard InChI is InChI=1S/C14H11N2O2S/c1-19(17,18)13-7-3-2-5-10(13)12-9-16-14-11(12)6-4-8-15-14/h2,4-9H,1H3,(H,15,16). The van der Waals surface area contributed by atoms with Gasteiger partial charge < -0.3 is 4.98 Å². The van der Waals surface area contributed by atoms with E-state index in [0.717, 1.165) is 16.6 Å². The van der Waals surface area contributed by atoms with E-state index >= 15 is 0 Å². The largest absolute Gasteiger partial charge is 0.346 e. The number of fused-ring (bicyclic) bond motifs is 1. The molecule has 2 heterocycles. The van der Waals surface area contributed by atoms with Crippen LogP contribution in [0, 0.1) is 6.07 Å². The molecule has 3 aromatic rings. The third-order valence-corrected chi connectivity index (χ3v) is 4.10. The molecule has 0 aliphatic carbocycles. The predicted molar refractivity (Wildman–Crippen MR) is 73.5 cm³/mol. The highest BCUT2D eigenvalue weighted by atomic mass is 32.2. The van der Waals surface area contributed by atoms with Gasteiger partial charge >= 0.3 is 0 Å². The van der Waals surface area contributed by atoms with Crippen LogP contribution in [0.5, 0.6) is 0 Å². The van der Waals surface area contributed by atoms with E-state index in [-0.39, 0.29) is 4.90 Å². The Hall–Kier alpha value is -2.14. The molecule has 1 aromatic carbocycles. The van der Waals surface area contributed by atoms with Crippen LogP contribution in [-0.4, -0.2) is 24.6 Å². The lowest BCUT2D eigenvalue weighted by atomic mass is 10.1. The number of nitrogens with zero attached hydrogens (tertiary/aromatic N) is 1. The smallest absolute Gasteiger partial charge is 0.176 e. The first-order valence-corrected chi connectivity index (χ1v) is 7.59. The monoisotopic (exact) mass is 271 g/mol. The number of sulfone groups is 1. The lowest BCUT2D eigenvalue weighted by Crippen LogP contribution is -1.99. The molecule has 0 bridgehead atoms. The van der Waals surface area contributed by atoms with Gasteiger partial charge in [-0.1, -0.05) is 12.1 Å². The van der Waals surface area contributed by atoms with E-state index in [9.17, 15) is 8.42 Å². The van der Waals surface area contributed by atoms with Gasteiger partial charge in [0.15, 0.2) is 9.84 Å². The van der Waals surface area contributed by atoms with Gasteiger partial charge in [-0.3, -0.25) is 0 Å². The molecule has 0 atom stereocenters. The second-order valence-corrected chi connectivity index (χ2v) is 6.28. The highest BCUT2D eigenvalue weighted by Gasteiger charge is 2.16. The van der Waals surface area contributed by atoms with Crippen LogP contribution in [-0.2, 0) is 9.84 Å². The van der Waals surface area contributed by atoms with Gasteiger partial charge in [-0.05, 0) is 24.3 Å². The van der Waals surface area contributed by atoms with Gasteiger partial charge in [0.05, 0.1) is 4.90 Å². The maximum Gasteiger partial charge on any atom is 0.176 e. The molecular formula is C14H11N2O2S.